The van der Waals surface area contributed by atoms with E-state index in [9.17, 15) is 13.6 Å². The number of hydrogen-bond donors (Lipinski definition) is 1. The molecule has 1 aliphatic rings. The highest BCUT2D eigenvalue weighted by Gasteiger charge is 2.26. The predicted octanol–water partition coefficient (Wildman–Crippen LogP) is 4.25. The van der Waals surface area contributed by atoms with Gasteiger partial charge in [0.1, 0.15) is 11.6 Å². The van der Waals surface area contributed by atoms with Crippen molar-refractivity contribution in [3.63, 3.8) is 0 Å². The average molecular weight is 381 g/mol. The van der Waals surface area contributed by atoms with Gasteiger partial charge in [-0.1, -0.05) is 18.2 Å². The highest BCUT2D eigenvalue weighted by molar-refractivity contribution is 5.95. The van der Waals surface area contributed by atoms with E-state index in [0.717, 1.165) is 12.8 Å². The molecule has 0 spiro atoms. The van der Waals surface area contributed by atoms with Crippen LogP contribution in [0.4, 0.5) is 8.78 Å². The van der Waals surface area contributed by atoms with Crippen molar-refractivity contribution in [3.05, 3.63) is 59.7 Å². The van der Waals surface area contributed by atoms with Crippen molar-refractivity contribution in [3.8, 4) is 11.1 Å². The third-order valence-electron chi connectivity index (χ3n) is 4.95. The lowest BCUT2D eigenvalue weighted by Gasteiger charge is -2.33. The molecule has 0 aliphatic carbocycles. The number of nitrogens with zero attached hydrogens (tertiary/aromatic N) is 1. The molecule has 0 saturated carbocycles. The first-order valence-corrected chi connectivity index (χ1v) is 8.56. The lowest BCUT2D eigenvalue weighted by Crippen LogP contribution is -2.42. The van der Waals surface area contributed by atoms with Crippen LogP contribution in [-0.2, 0) is 0 Å². The van der Waals surface area contributed by atoms with E-state index in [2.05, 4.69) is 0 Å². The number of carbonyl (C=O) groups is 1. The number of hydrogen-bond acceptors (Lipinski definition) is 2. The fraction of sp³-hybridized carbons (Fsp3) is 0.350. The lowest BCUT2D eigenvalue weighted by molar-refractivity contribution is 0.0676. The smallest absolute Gasteiger partial charge is 0.256 e. The van der Waals surface area contributed by atoms with Gasteiger partial charge < -0.3 is 10.6 Å². The quantitative estimate of drug-likeness (QED) is 0.865. The van der Waals surface area contributed by atoms with Gasteiger partial charge in [0.15, 0.2) is 0 Å². The maximum atomic E-state index is 14.5. The summed E-state index contributed by atoms with van der Waals surface area (Å²) >= 11 is 0. The van der Waals surface area contributed by atoms with E-state index < -0.39 is 5.82 Å². The van der Waals surface area contributed by atoms with Crippen LogP contribution in [0.1, 0.15) is 30.1 Å². The Kier molecular flexibility index (Phi) is 6.73. The van der Waals surface area contributed by atoms with Crippen LogP contribution in [0, 0.1) is 17.6 Å². The Morgan fingerprint density at radius 2 is 1.65 bits per heavy atom. The van der Waals surface area contributed by atoms with E-state index >= 15 is 0 Å². The first kappa shape index (κ1) is 20.3. The first-order valence-electron chi connectivity index (χ1n) is 8.56. The standard InChI is InChI=1S/C20H22F2N2O.ClH/c1-13(23)14-8-10-24(11-9-14)20(25)18-7-4-16(12-19(18)22)15-2-5-17(21)6-3-15;/h2-7,12-14H,8-11,23H2,1H3;1H. The van der Waals surface area contributed by atoms with Gasteiger partial charge in [0.05, 0.1) is 5.56 Å². The minimum Gasteiger partial charge on any atom is -0.339 e. The van der Waals surface area contributed by atoms with Gasteiger partial charge in [0.25, 0.3) is 5.91 Å². The van der Waals surface area contributed by atoms with Gasteiger partial charge in [-0.25, -0.2) is 8.78 Å². The molecule has 26 heavy (non-hydrogen) atoms. The van der Waals surface area contributed by atoms with Crippen LogP contribution in [0.15, 0.2) is 42.5 Å². The van der Waals surface area contributed by atoms with Crippen molar-refractivity contribution in [2.75, 3.05) is 13.1 Å². The molecule has 2 aromatic rings. The zero-order valence-electron chi connectivity index (χ0n) is 14.6. The molecular weight excluding hydrogens is 358 g/mol. The number of nitrogens with two attached hydrogens (primary N) is 1. The summed E-state index contributed by atoms with van der Waals surface area (Å²) in [4.78, 5) is 14.3. The van der Waals surface area contributed by atoms with Crippen LogP contribution in [0.5, 0.6) is 0 Å². The number of halogens is 3. The summed E-state index contributed by atoms with van der Waals surface area (Å²) in [5, 5.41) is 0. The fourth-order valence-corrected chi connectivity index (χ4v) is 3.31. The van der Waals surface area contributed by atoms with Gasteiger partial charge in [-0.15, -0.1) is 12.4 Å². The second-order valence-corrected chi connectivity index (χ2v) is 6.69. The molecule has 3 rings (SSSR count). The minimum atomic E-state index is -0.554. The number of benzene rings is 2. The minimum absolute atomic E-state index is 0. The molecule has 1 aliphatic heterocycles. The van der Waals surface area contributed by atoms with Crippen molar-refractivity contribution >= 4 is 18.3 Å². The molecule has 1 heterocycles. The van der Waals surface area contributed by atoms with Crippen LogP contribution in [-0.4, -0.2) is 29.9 Å². The summed E-state index contributed by atoms with van der Waals surface area (Å²) in [5.41, 5.74) is 7.31. The topological polar surface area (TPSA) is 46.3 Å². The van der Waals surface area contributed by atoms with E-state index in [0.29, 0.717) is 30.1 Å². The van der Waals surface area contributed by atoms with Gasteiger partial charge in [0.2, 0.25) is 0 Å². The zero-order valence-corrected chi connectivity index (χ0v) is 15.4. The molecule has 2 N–H and O–H groups in total. The van der Waals surface area contributed by atoms with Crippen LogP contribution >= 0.6 is 12.4 Å². The molecule has 2 aromatic carbocycles. The molecule has 0 bridgehead atoms. The van der Waals surface area contributed by atoms with Gasteiger partial charge in [-0.05, 0) is 61.1 Å². The Balaban J connectivity index is 0.00000243. The number of likely N-dealkylation sites (tertiary alicyclic amines) is 1. The summed E-state index contributed by atoms with van der Waals surface area (Å²) in [6.45, 7) is 3.18. The summed E-state index contributed by atoms with van der Waals surface area (Å²) in [7, 11) is 0. The van der Waals surface area contributed by atoms with Crippen molar-refractivity contribution in [2.24, 2.45) is 11.7 Å². The highest BCUT2D eigenvalue weighted by Crippen LogP contribution is 2.25. The van der Waals surface area contributed by atoms with Crippen LogP contribution < -0.4 is 5.73 Å². The highest BCUT2D eigenvalue weighted by atomic mass is 35.5. The van der Waals surface area contributed by atoms with Crippen molar-refractivity contribution in [1.82, 2.24) is 4.90 Å². The van der Waals surface area contributed by atoms with E-state index in [-0.39, 0.29) is 35.7 Å². The van der Waals surface area contributed by atoms with E-state index in [1.807, 2.05) is 6.92 Å². The molecular formula is C20H23ClF2N2O. The molecule has 1 unspecified atom stereocenters. The predicted molar refractivity (Wildman–Crippen MR) is 101 cm³/mol. The summed E-state index contributed by atoms with van der Waals surface area (Å²) in [6, 6.07) is 10.5. The molecule has 1 atom stereocenters. The molecule has 140 valence electrons. The third kappa shape index (κ3) is 4.40. The normalized spacial score (nSPS) is 16.1. The number of carbonyl (C=O) groups excluding carboxylic acids is 1. The van der Waals surface area contributed by atoms with Crippen LogP contribution in [0.2, 0.25) is 0 Å². The molecule has 3 nitrogen and oxygen atoms in total. The largest absolute Gasteiger partial charge is 0.339 e. The first-order chi connectivity index (χ1) is 12.0. The summed E-state index contributed by atoms with van der Waals surface area (Å²) < 4.78 is 27.5. The number of piperidine rings is 1. The Hall–Kier alpha value is -1.98. The van der Waals surface area contributed by atoms with E-state index in [1.165, 1.54) is 24.3 Å². The van der Waals surface area contributed by atoms with Gasteiger partial charge in [-0.3, -0.25) is 4.79 Å². The molecule has 1 amide bonds. The van der Waals surface area contributed by atoms with E-state index in [4.69, 9.17) is 5.73 Å². The average Bonchev–Trinajstić information content (AvgIpc) is 2.62. The van der Waals surface area contributed by atoms with Gasteiger partial charge >= 0.3 is 0 Å². The Bertz CT molecular complexity index is 757. The van der Waals surface area contributed by atoms with Crippen molar-refractivity contribution < 1.29 is 13.6 Å². The lowest BCUT2D eigenvalue weighted by atomic mass is 9.90. The van der Waals surface area contributed by atoms with Gasteiger partial charge in [-0.2, -0.15) is 0 Å². The third-order valence-corrected chi connectivity index (χ3v) is 4.95. The zero-order chi connectivity index (χ0) is 18.0. The molecule has 6 heteroatoms. The molecule has 1 saturated heterocycles. The fourth-order valence-electron chi connectivity index (χ4n) is 3.31. The Morgan fingerprint density at radius 3 is 2.19 bits per heavy atom. The maximum Gasteiger partial charge on any atom is 0.256 e. The van der Waals surface area contributed by atoms with Gasteiger partial charge in [0, 0.05) is 19.1 Å². The van der Waals surface area contributed by atoms with Crippen molar-refractivity contribution in [2.45, 2.75) is 25.8 Å². The van der Waals surface area contributed by atoms with E-state index in [1.54, 1.807) is 23.1 Å². The van der Waals surface area contributed by atoms with Crippen LogP contribution in [0.3, 0.4) is 0 Å². The van der Waals surface area contributed by atoms with Crippen LogP contribution in [0.25, 0.3) is 11.1 Å². The van der Waals surface area contributed by atoms with Crippen molar-refractivity contribution in [1.29, 1.82) is 0 Å². The Labute approximate surface area is 158 Å². The second-order valence-electron chi connectivity index (χ2n) is 6.69. The number of rotatable bonds is 3. The summed E-state index contributed by atoms with van der Waals surface area (Å²) in [5.74, 6) is -0.770. The monoisotopic (exact) mass is 380 g/mol. The second kappa shape index (κ2) is 8.60. The summed E-state index contributed by atoms with van der Waals surface area (Å²) in [6.07, 6.45) is 1.69. The molecule has 0 aromatic heterocycles. The maximum absolute atomic E-state index is 14.5. The molecule has 0 radical (unpaired) electrons. The SMILES string of the molecule is CC(N)C1CCN(C(=O)c2ccc(-c3ccc(F)cc3)cc2F)CC1.Cl. The number of amides is 1. The Morgan fingerprint density at radius 1 is 1.08 bits per heavy atom. The molecule has 1 fully saturated rings.